The highest BCUT2D eigenvalue weighted by molar-refractivity contribution is 5.83. The number of pyridine rings is 1. The van der Waals surface area contributed by atoms with Crippen LogP contribution in [0, 0.1) is 35.3 Å². The van der Waals surface area contributed by atoms with Crippen LogP contribution >= 0.6 is 0 Å². The molecule has 1 aliphatic rings. The number of aliphatic hydroxyl groups excluding tert-OH is 1. The minimum atomic E-state index is -0.632. The molecule has 2 heterocycles. The average Bonchev–Trinajstić information content (AvgIpc) is 2.86. The number of nitrogens with two attached hydrogens (primary N) is 1. The van der Waals surface area contributed by atoms with Crippen LogP contribution in [0.25, 0.3) is 10.9 Å². The Kier molecular flexibility index (Phi) is 8.29. The van der Waals surface area contributed by atoms with Gasteiger partial charge in [0.05, 0.1) is 19.2 Å². The van der Waals surface area contributed by atoms with Crippen LogP contribution in [0.2, 0.25) is 0 Å². The van der Waals surface area contributed by atoms with Crippen LogP contribution < -0.4 is 10.5 Å². The highest BCUT2D eigenvalue weighted by Gasteiger charge is 2.28. The molecule has 3 atom stereocenters. The van der Waals surface area contributed by atoms with Crippen LogP contribution in [0.3, 0.4) is 0 Å². The first-order valence-corrected chi connectivity index (χ1v) is 11.9. The second-order valence-electron chi connectivity index (χ2n) is 9.15. The molecule has 4 rings (SSSR count). The maximum Gasteiger partial charge on any atom is 0.127 e. The van der Waals surface area contributed by atoms with Crippen LogP contribution in [0.4, 0.5) is 8.78 Å². The van der Waals surface area contributed by atoms with Gasteiger partial charge < -0.3 is 15.6 Å². The summed E-state index contributed by atoms with van der Waals surface area (Å²) in [5.74, 6) is 5.86. The first-order valence-electron chi connectivity index (χ1n) is 11.9. The minimum Gasteiger partial charge on any atom is -0.497 e. The number of methoxy groups -OCH3 is 1. The molecule has 35 heavy (non-hydrogen) atoms. The first kappa shape index (κ1) is 25.1. The van der Waals surface area contributed by atoms with Gasteiger partial charge in [-0.1, -0.05) is 11.8 Å². The lowest BCUT2D eigenvalue weighted by molar-refractivity contribution is 0.0738. The number of fused-ring (bicyclic) bond motifs is 1. The molecular formula is C28H31F2N3O2. The molecule has 1 fully saturated rings. The van der Waals surface area contributed by atoms with E-state index >= 15 is 0 Å². The van der Waals surface area contributed by atoms with Gasteiger partial charge in [0.15, 0.2) is 0 Å². The van der Waals surface area contributed by atoms with E-state index in [9.17, 15) is 13.9 Å². The highest BCUT2D eigenvalue weighted by atomic mass is 19.1. The summed E-state index contributed by atoms with van der Waals surface area (Å²) in [5.41, 5.74) is 8.88. The molecule has 0 saturated carbocycles. The number of halogens is 2. The van der Waals surface area contributed by atoms with Crippen molar-refractivity contribution in [2.45, 2.75) is 25.3 Å². The second kappa shape index (κ2) is 11.6. The number of rotatable bonds is 7. The lowest BCUT2D eigenvalue weighted by atomic mass is 9.81. The largest absolute Gasteiger partial charge is 0.497 e. The Labute approximate surface area is 204 Å². The lowest BCUT2D eigenvalue weighted by Gasteiger charge is -2.37. The summed E-state index contributed by atoms with van der Waals surface area (Å²) in [6.07, 6.45) is 4.46. The Morgan fingerprint density at radius 2 is 1.97 bits per heavy atom. The normalized spacial score (nSPS) is 19.2. The Morgan fingerprint density at radius 1 is 1.17 bits per heavy atom. The molecule has 0 unspecified atom stereocenters. The fraction of sp³-hybridized carbons (Fsp3) is 0.393. The van der Waals surface area contributed by atoms with Gasteiger partial charge in [0, 0.05) is 42.4 Å². The van der Waals surface area contributed by atoms with Gasteiger partial charge in [0.25, 0.3) is 0 Å². The third-order valence-corrected chi connectivity index (χ3v) is 6.84. The number of hydrogen-bond donors (Lipinski definition) is 2. The number of aromatic nitrogens is 1. The van der Waals surface area contributed by atoms with E-state index in [1.807, 2.05) is 24.3 Å². The third kappa shape index (κ3) is 6.34. The number of benzene rings is 2. The van der Waals surface area contributed by atoms with E-state index in [-0.39, 0.29) is 18.6 Å². The number of hydrogen-bond acceptors (Lipinski definition) is 5. The van der Waals surface area contributed by atoms with Crippen molar-refractivity contribution in [2.24, 2.45) is 17.6 Å². The molecule has 184 valence electrons. The SMILES string of the molecule is COc1ccc2nccc([C@@H](N)CC[C@@H]3CCN(CC#Cc4cc(F)cc(F)c4)C[C@@H]3CO)c2c1. The summed E-state index contributed by atoms with van der Waals surface area (Å²) in [4.78, 5) is 6.62. The van der Waals surface area contributed by atoms with E-state index < -0.39 is 11.6 Å². The van der Waals surface area contributed by atoms with Gasteiger partial charge in [0.1, 0.15) is 17.4 Å². The summed E-state index contributed by atoms with van der Waals surface area (Å²) >= 11 is 0. The smallest absolute Gasteiger partial charge is 0.127 e. The van der Waals surface area contributed by atoms with Crippen molar-refractivity contribution in [3.63, 3.8) is 0 Å². The molecule has 2 aromatic carbocycles. The predicted molar refractivity (Wildman–Crippen MR) is 133 cm³/mol. The zero-order chi connectivity index (χ0) is 24.8. The van der Waals surface area contributed by atoms with Crippen molar-refractivity contribution >= 4 is 10.9 Å². The van der Waals surface area contributed by atoms with Crippen molar-refractivity contribution in [2.75, 3.05) is 33.4 Å². The Balaban J connectivity index is 1.34. The molecule has 0 amide bonds. The summed E-state index contributed by atoms with van der Waals surface area (Å²) in [6, 6.07) is 10.9. The van der Waals surface area contributed by atoms with Crippen LogP contribution in [0.1, 0.15) is 36.4 Å². The summed E-state index contributed by atoms with van der Waals surface area (Å²) in [5, 5.41) is 11.0. The van der Waals surface area contributed by atoms with Crippen LogP contribution in [0.15, 0.2) is 48.7 Å². The zero-order valence-corrected chi connectivity index (χ0v) is 19.9. The van der Waals surface area contributed by atoms with Crippen LogP contribution in [-0.4, -0.2) is 48.3 Å². The quantitative estimate of drug-likeness (QED) is 0.495. The molecule has 0 spiro atoms. The lowest BCUT2D eigenvalue weighted by Crippen LogP contribution is -2.42. The third-order valence-electron chi connectivity index (χ3n) is 6.84. The van der Waals surface area contributed by atoms with E-state index in [2.05, 4.69) is 21.7 Å². The number of nitrogens with zero attached hydrogens (tertiary/aromatic N) is 2. The van der Waals surface area contributed by atoms with Gasteiger partial charge in [-0.2, -0.15) is 0 Å². The van der Waals surface area contributed by atoms with E-state index in [1.165, 1.54) is 12.1 Å². The zero-order valence-electron chi connectivity index (χ0n) is 19.9. The molecule has 1 aromatic heterocycles. The van der Waals surface area contributed by atoms with Gasteiger partial charge in [-0.05, 0) is 79.6 Å². The molecule has 0 bridgehead atoms. The van der Waals surface area contributed by atoms with Crippen molar-refractivity contribution < 1.29 is 18.6 Å². The maximum atomic E-state index is 13.3. The van der Waals surface area contributed by atoms with Crippen molar-refractivity contribution in [3.8, 4) is 17.6 Å². The van der Waals surface area contributed by atoms with E-state index in [0.29, 0.717) is 18.0 Å². The summed E-state index contributed by atoms with van der Waals surface area (Å²) in [7, 11) is 1.64. The molecule has 0 aliphatic carbocycles. The van der Waals surface area contributed by atoms with E-state index in [0.717, 1.165) is 60.6 Å². The molecule has 1 aliphatic heterocycles. The van der Waals surface area contributed by atoms with Gasteiger partial charge in [-0.15, -0.1) is 0 Å². The van der Waals surface area contributed by atoms with Crippen molar-refractivity contribution in [1.82, 2.24) is 9.88 Å². The molecule has 3 aromatic rings. The number of ether oxygens (including phenoxy) is 1. The minimum absolute atomic E-state index is 0.105. The summed E-state index contributed by atoms with van der Waals surface area (Å²) in [6.45, 7) is 2.19. The first-order chi connectivity index (χ1) is 17.0. The van der Waals surface area contributed by atoms with E-state index in [4.69, 9.17) is 10.5 Å². The number of piperidine rings is 1. The Bertz CT molecular complexity index is 1200. The molecule has 3 N–H and O–H groups in total. The number of aliphatic hydroxyl groups is 1. The topological polar surface area (TPSA) is 71.6 Å². The predicted octanol–water partition coefficient (Wildman–Crippen LogP) is 4.28. The van der Waals surface area contributed by atoms with Gasteiger partial charge in [-0.3, -0.25) is 9.88 Å². The Morgan fingerprint density at radius 3 is 2.71 bits per heavy atom. The second-order valence-corrected chi connectivity index (χ2v) is 9.15. The average molecular weight is 480 g/mol. The molecule has 5 nitrogen and oxygen atoms in total. The highest BCUT2D eigenvalue weighted by Crippen LogP contribution is 2.32. The molecular weight excluding hydrogens is 448 g/mol. The fourth-order valence-corrected chi connectivity index (χ4v) is 4.91. The van der Waals surface area contributed by atoms with Gasteiger partial charge >= 0.3 is 0 Å². The summed E-state index contributed by atoms with van der Waals surface area (Å²) < 4.78 is 32.0. The number of likely N-dealkylation sites (tertiary alicyclic amines) is 1. The van der Waals surface area contributed by atoms with Gasteiger partial charge in [0.2, 0.25) is 0 Å². The molecule has 1 saturated heterocycles. The molecule has 7 heteroatoms. The van der Waals surface area contributed by atoms with Gasteiger partial charge in [-0.25, -0.2) is 8.78 Å². The van der Waals surface area contributed by atoms with E-state index in [1.54, 1.807) is 13.3 Å². The molecule has 0 radical (unpaired) electrons. The van der Waals surface area contributed by atoms with Crippen LogP contribution in [0.5, 0.6) is 5.75 Å². The maximum absolute atomic E-state index is 13.3. The van der Waals surface area contributed by atoms with Crippen LogP contribution in [-0.2, 0) is 0 Å². The fourth-order valence-electron chi connectivity index (χ4n) is 4.91. The monoisotopic (exact) mass is 479 g/mol. The van der Waals surface area contributed by atoms with Crippen molar-refractivity contribution in [1.29, 1.82) is 0 Å². The standard InChI is InChI=1S/C28H31F2N3O2/c1-35-24-5-7-28-26(16-24)25(8-10-32-28)27(31)6-4-20-9-12-33(17-21(20)18-34)11-2-3-19-13-22(29)15-23(30)14-19/h5,7-8,10,13-16,20-21,27,34H,4,6,9,11-12,17-18,31H2,1H3/t20-,21-,27+/m1/s1. The Hall–Kier alpha value is -3.05. The van der Waals surface area contributed by atoms with Crippen molar-refractivity contribution in [3.05, 3.63) is 71.4 Å².